The van der Waals surface area contributed by atoms with Crippen LogP contribution < -0.4 is 4.90 Å². The highest BCUT2D eigenvalue weighted by molar-refractivity contribution is 5.98. The molecule has 138 valence electrons. The van der Waals surface area contributed by atoms with Gasteiger partial charge in [0.15, 0.2) is 0 Å². The molecule has 1 aromatic rings. The number of likely N-dealkylation sites (N-methyl/N-ethyl adjacent to an activating group) is 1. The number of hydrogen-bond acceptors (Lipinski definition) is 4. The Kier molecular flexibility index (Phi) is 3.49. The maximum absolute atomic E-state index is 13.0. The Labute approximate surface area is 153 Å². The molecule has 6 nitrogen and oxygen atoms in total. The number of nitrogens with zero attached hydrogens (tertiary/aromatic N) is 2. The van der Waals surface area contributed by atoms with E-state index in [1.165, 1.54) is 0 Å². The fourth-order valence-corrected chi connectivity index (χ4v) is 4.93. The van der Waals surface area contributed by atoms with E-state index in [2.05, 4.69) is 0 Å². The lowest BCUT2D eigenvalue weighted by Gasteiger charge is -2.43. The Hall–Kier alpha value is -2.37. The number of ketones is 1. The van der Waals surface area contributed by atoms with Crippen LogP contribution in [0.2, 0.25) is 0 Å². The minimum absolute atomic E-state index is 0.0236. The molecule has 1 saturated heterocycles. The lowest BCUT2D eigenvalue weighted by Crippen LogP contribution is -2.58. The zero-order valence-corrected chi connectivity index (χ0v) is 15.6. The van der Waals surface area contributed by atoms with Gasteiger partial charge in [0.25, 0.3) is 0 Å². The first kappa shape index (κ1) is 17.1. The quantitative estimate of drug-likeness (QED) is 0.717. The van der Waals surface area contributed by atoms with Crippen LogP contribution in [0.15, 0.2) is 24.3 Å². The highest BCUT2D eigenvalue weighted by Crippen LogP contribution is 2.57. The number of rotatable bonds is 0. The number of carbonyl (C=O) groups is 3. The van der Waals surface area contributed by atoms with Gasteiger partial charge in [0.1, 0.15) is 11.4 Å². The molecule has 2 fully saturated rings. The first-order valence-electron chi connectivity index (χ1n) is 9.04. The third-order valence-electron chi connectivity index (χ3n) is 5.90. The normalized spacial score (nSPS) is 30.2. The molecule has 4 rings (SSSR count). The van der Waals surface area contributed by atoms with Crippen LogP contribution in [0.4, 0.5) is 10.5 Å². The summed E-state index contributed by atoms with van der Waals surface area (Å²) >= 11 is 0. The van der Waals surface area contributed by atoms with Crippen LogP contribution in [-0.2, 0) is 19.7 Å². The number of likely N-dealkylation sites (tertiary alicyclic amines) is 1. The van der Waals surface area contributed by atoms with E-state index in [4.69, 9.17) is 4.74 Å². The lowest BCUT2D eigenvalue weighted by molar-refractivity contribution is -0.128. The van der Waals surface area contributed by atoms with E-state index in [0.717, 1.165) is 11.3 Å². The van der Waals surface area contributed by atoms with Gasteiger partial charge in [-0.15, -0.1) is 0 Å². The molecule has 1 aromatic carbocycles. The van der Waals surface area contributed by atoms with Crippen molar-refractivity contribution in [3.8, 4) is 0 Å². The summed E-state index contributed by atoms with van der Waals surface area (Å²) in [5.74, 6) is 0.106. The molecule has 3 aliphatic rings. The van der Waals surface area contributed by atoms with Crippen LogP contribution in [0, 0.1) is 0 Å². The molecule has 0 unspecified atom stereocenters. The van der Waals surface area contributed by atoms with Gasteiger partial charge in [-0.2, -0.15) is 0 Å². The third-order valence-corrected chi connectivity index (χ3v) is 5.90. The molecule has 1 spiro atoms. The summed E-state index contributed by atoms with van der Waals surface area (Å²) in [7, 11) is 1.76. The molecule has 2 aliphatic heterocycles. The fraction of sp³-hybridized carbons (Fsp3) is 0.550. The van der Waals surface area contributed by atoms with Gasteiger partial charge in [-0.05, 0) is 32.4 Å². The van der Waals surface area contributed by atoms with E-state index in [-0.39, 0.29) is 30.2 Å². The number of fused-ring (bicyclic) bond motifs is 1. The van der Waals surface area contributed by atoms with Crippen molar-refractivity contribution in [3.05, 3.63) is 29.8 Å². The van der Waals surface area contributed by atoms with E-state index < -0.39 is 17.1 Å². The van der Waals surface area contributed by atoms with Gasteiger partial charge in [0.2, 0.25) is 5.91 Å². The van der Waals surface area contributed by atoms with Crippen LogP contribution in [0.5, 0.6) is 0 Å². The lowest BCUT2D eigenvalue weighted by atomic mass is 9.64. The molecule has 0 bridgehead atoms. The molecule has 1 aliphatic carbocycles. The first-order valence-corrected chi connectivity index (χ1v) is 9.04. The number of ether oxygens (including phenoxy) is 1. The van der Waals surface area contributed by atoms with Crippen LogP contribution in [0.25, 0.3) is 0 Å². The molecule has 1 saturated carbocycles. The second-order valence-corrected chi connectivity index (χ2v) is 8.57. The number of para-hydroxylation sites is 1. The van der Waals surface area contributed by atoms with Crippen molar-refractivity contribution in [2.24, 2.45) is 0 Å². The third kappa shape index (κ3) is 2.20. The van der Waals surface area contributed by atoms with Gasteiger partial charge in [-0.25, -0.2) is 4.79 Å². The highest BCUT2D eigenvalue weighted by Gasteiger charge is 2.65. The second kappa shape index (κ2) is 5.32. The zero-order valence-electron chi connectivity index (χ0n) is 15.6. The van der Waals surface area contributed by atoms with Gasteiger partial charge in [0.05, 0.1) is 17.8 Å². The predicted molar refractivity (Wildman–Crippen MR) is 96.0 cm³/mol. The smallest absolute Gasteiger partial charge is 0.415 e. The van der Waals surface area contributed by atoms with Gasteiger partial charge >= 0.3 is 6.09 Å². The molecule has 0 aromatic heterocycles. The van der Waals surface area contributed by atoms with E-state index in [1.807, 2.05) is 45.0 Å². The van der Waals surface area contributed by atoms with E-state index in [1.54, 1.807) is 16.8 Å². The summed E-state index contributed by atoms with van der Waals surface area (Å²) in [6.45, 7) is 5.47. The van der Waals surface area contributed by atoms with Crippen LogP contribution in [0.1, 0.15) is 45.6 Å². The van der Waals surface area contributed by atoms with Crippen molar-refractivity contribution in [2.75, 3.05) is 11.9 Å². The number of hydrogen-bond donors (Lipinski definition) is 0. The van der Waals surface area contributed by atoms with Gasteiger partial charge in [-0.3, -0.25) is 14.5 Å². The summed E-state index contributed by atoms with van der Waals surface area (Å²) in [4.78, 5) is 41.4. The molecule has 6 heteroatoms. The van der Waals surface area contributed by atoms with Crippen molar-refractivity contribution in [1.82, 2.24) is 4.90 Å². The summed E-state index contributed by atoms with van der Waals surface area (Å²) < 4.78 is 5.64. The number of anilines is 1. The van der Waals surface area contributed by atoms with Crippen LogP contribution in [0.3, 0.4) is 0 Å². The largest absolute Gasteiger partial charge is 0.443 e. The molecular weight excluding hydrogens is 332 g/mol. The first-order chi connectivity index (χ1) is 12.1. The van der Waals surface area contributed by atoms with Crippen LogP contribution >= 0.6 is 0 Å². The minimum Gasteiger partial charge on any atom is -0.443 e. The summed E-state index contributed by atoms with van der Waals surface area (Å²) in [6, 6.07) is 7.09. The van der Waals surface area contributed by atoms with Crippen molar-refractivity contribution < 1.29 is 19.1 Å². The van der Waals surface area contributed by atoms with Crippen LogP contribution in [-0.4, -0.2) is 47.4 Å². The maximum atomic E-state index is 13.0. The Morgan fingerprint density at radius 1 is 1.15 bits per heavy atom. The Morgan fingerprint density at radius 2 is 1.81 bits per heavy atom. The number of amides is 2. The molecule has 0 radical (unpaired) electrons. The Morgan fingerprint density at radius 3 is 2.50 bits per heavy atom. The average Bonchev–Trinajstić information content (AvgIpc) is 2.95. The molecule has 3 atom stereocenters. The summed E-state index contributed by atoms with van der Waals surface area (Å²) in [6.07, 6.45) is 0.464. The van der Waals surface area contributed by atoms with E-state index in [9.17, 15) is 14.4 Å². The monoisotopic (exact) mass is 356 g/mol. The molecule has 2 amide bonds. The second-order valence-electron chi connectivity index (χ2n) is 8.57. The van der Waals surface area contributed by atoms with Gasteiger partial charge in [0, 0.05) is 31.7 Å². The number of benzene rings is 1. The van der Waals surface area contributed by atoms with Crippen molar-refractivity contribution in [2.45, 2.75) is 63.1 Å². The number of carbonyl (C=O) groups excluding carboxylic acids is 3. The summed E-state index contributed by atoms with van der Waals surface area (Å²) in [5, 5.41) is 0. The standard InChI is InChI=1S/C20H24N2O4/c1-19(2,3)26-18(25)22-14-8-6-5-7-13(14)20-11-17(24)21(4)15(20)9-12(23)10-16(20)22/h5-8,15-16H,9-11H2,1-4H3/t15-,16-,20+/m0/s1. The highest BCUT2D eigenvalue weighted by atomic mass is 16.6. The SMILES string of the molecule is CN1C(=O)C[C@]23c4ccccc4N(C(=O)OC(C)(C)C)[C@H]2CC(=O)C[C@H]13. The zero-order chi connectivity index (χ0) is 18.9. The Bertz CT molecular complexity index is 812. The summed E-state index contributed by atoms with van der Waals surface area (Å²) in [5.41, 5.74) is 0.565. The maximum Gasteiger partial charge on any atom is 0.415 e. The number of Topliss-reactive ketones (excluding diaryl/α,β-unsaturated/α-hetero) is 1. The Balaban J connectivity index is 1.87. The predicted octanol–water partition coefficient (Wildman–Crippen LogP) is 2.64. The average molecular weight is 356 g/mol. The van der Waals surface area contributed by atoms with Gasteiger partial charge < -0.3 is 9.64 Å². The molecule has 2 heterocycles. The minimum atomic E-state index is -0.637. The van der Waals surface area contributed by atoms with Crippen molar-refractivity contribution in [1.29, 1.82) is 0 Å². The van der Waals surface area contributed by atoms with Crippen molar-refractivity contribution in [3.63, 3.8) is 0 Å². The molecule has 0 N–H and O–H groups in total. The van der Waals surface area contributed by atoms with E-state index in [0.29, 0.717) is 12.8 Å². The topological polar surface area (TPSA) is 66.9 Å². The van der Waals surface area contributed by atoms with E-state index >= 15 is 0 Å². The van der Waals surface area contributed by atoms with Crippen molar-refractivity contribution >= 4 is 23.5 Å². The molecular formula is C20H24N2O4. The molecule has 26 heavy (non-hydrogen) atoms. The van der Waals surface area contributed by atoms with Gasteiger partial charge in [-0.1, -0.05) is 18.2 Å². The fourth-order valence-electron chi connectivity index (χ4n) is 4.93.